The summed E-state index contributed by atoms with van der Waals surface area (Å²) in [5.41, 5.74) is 4.85. The maximum atomic E-state index is 12.1. The van der Waals surface area contributed by atoms with E-state index in [0.29, 0.717) is 5.56 Å². The van der Waals surface area contributed by atoms with Crippen LogP contribution in [-0.4, -0.2) is 11.6 Å². The molecule has 0 saturated heterocycles. The highest BCUT2D eigenvalue weighted by molar-refractivity contribution is 5.80. The number of ether oxygens (including phenoxy) is 1. The Bertz CT molecular complexity index is 845. The van der Waals surface area contributed by atoms with E-state index in [9.17, 15) is 13.6 Å². The molecule has 0 fully saturated rings. The number of nitrogens with zero attached hydrogens (tertiary/aromatic N) is 2. The summed E-state index contributed by atoms with van der Waals surface area (Å²) in [7, 11) is 0. The number of nitrogens with two attached hydrogens (primary N) is 1. The Hall–Kier alpha value is -3.39. The quantitative estimate of drug-likeness (QED) is 0.899. The van der Waals surface area contributed by atoms with Gasteiger partial charge in [-0.3, -0.25) is 4.79 Å². The molecule has 0 bridgehead atoms. The van der Waals surface area contributed by atoms with Crippen molar-refractivity contribution in [1.82, 2.24) is 4.98 Å². The minimum absolute atomic E-state index is 0.0508. The van der Waals surface area contributed by atoms with E-state index in [1.807, 2.05) is 6.07 Å². The van der Waals surface area contributed by atoms with Crippen LogP contribution in [0.1, 0.15) is 11.1 Å². The first-order valence-corrected chi connectivity index (χ1v) is 5.89. The highest BCUT2D eigenvalue weighted by Gasteiger charge is 2.18. The molecule has 0 spiro atoms. The summed E-state index contributed by atoms with van der Waals surface area (Å²) < 4.78 is 28.4. The third-order valence-corrected chi connectivity index (χ3v) is 2.84. The number of halogens is 2. The van der Waals surface area contributed by atoms with Gasteiger partial charge in [-0.05, 0) is 17.7 Å². The molecule has 110 valence electrons. The summed E-state index contributed by atoms with van der Waals surface area (Å²) >= 11 is 0. The van der Waals surface area contributed by atoms with Gasteiger partial charge in [0.05, 0.1) is 0 Å². The van der Waals surface area contributed by atoms with Crippen LogP contribution in [0.2, 0.25) is 0 Å². The zero-order valence-electron chi connectivity index (χ0n) is 10.9. The van der Waals surface area contributed by atoms with Crippen molar-refractivity contribution >= 4 is 5.82 Å². The maximum absolute atomic E-state index is 12.1. The molecule has 6 nitrogen and oxygen atoms in total. The molecule has 0 atom stereocenters. The molecule has 2 aromatic rings. The van der Waals surface area contributed by atoms with E-state index in [0.717, 1.165) is 0 Å². The molecule has 0 saturated carbocycles. The zero-order chi connectivity index (χ0) is 16.3. The van der Waals surface area contributed by atoms with Gasteiger partial charge in [0.1, 0.15) is 34.8 Å². The molecule has 8 heteroatoms. The number of pyridine rings is 1. The number of nitrogen functional groups attached to an aromatic ring is 1. The molecule has 2 rings (SSSR count). The molecule has 1 aromatic heterocycles. The molecule has 0 amide bonds. The third-order valence-electron chi connectivity index (χ3n) is 2.84. The molecule has 1 heterocycles. The number of anilines is 1. The summed E-state index contributed by atoms with van der Waals surface area (Å²) in [4.78, 5) is 14.0. The number of aromatic amines is 1. The van der Waals surface area contributed by atoms with Crippen molar-refractivity contribution in [3.63, 3.8) is 0 Å². The van der Waals surface area contributed by atoms with Crippen molar-refractivity contribution < 1.29 is 13.5 Å². The number of nitriles is 2. The van der Waals surface area contributed by atoms with Crippen LogP contribution < -0.4 is 16.0 Å². The van der Waals surface area contributed by atoms with E-state index in [2.05, 4.69) is 9.72 Å². The molecule has 0 unspecified atom stereocenters. The summed E-state index contributed by atoms with van der Waals surface area (Å²) in [6, 6.07) is 8.71. The van der Waals surface area contributed by atoms with Crippen molar-refractivity contribution in [2.75, 3.05) is 5.73 Å². The van der Waals surface area contributed by atoms with Gasteiger partial charge in [0.15, 0.2) is 0 Å². The largest absolute Gasteiger partial charge is 0.435 e. The lowest BCUT2D eigenvalue weighted by Gasteiger charge is -2.10. The predicted molar refractivity (Wildman–Crippen MR) is 73.0 cm³/mol. The number of H-pyrrole nitrogens is 1. The number of aromatic nitrogens is 1. The van der Waals surface area contributed by atoms with Crippen molar-refractivity contribution in [3.05, 3.63) is 45.7 Å². The van der Waals surface area contributed by atoms with Gasteiger partial charge in [0, 0.05) is 5.56 Å². The average Bonchev–Trinajstić information content (AvgIpc) is 2.47. The fourth-order valence-electron chi connectivity index (χ4n) is 1.94. The third kappa shape index (κ3) is 2.72. The van der Waals surface area contributed by atoms with E-state index in [1.54, 1.807) is 6.07 Å². The molecular formula is C14H8F2N4O2. The number of alkyl halides is 2. The first-order valence-electron chi connectivity index (χ1n) is 5.89. The summed E-state index contributed by atoms with van der Waals surface area (Å²) in [6.45, 7) is -2.97. The molecule has 3 N–H and O–H groups in total. The Morgan fingerprint density at radius 3 is 2.23 bits per heavy atom. The van der Waals surface area contributed by atoms with Crippen molar-refractivity contribution in [2.24, 2.45) is 0 Å². The number of benzene rings is 1. The normalized spacial score (nSPS) is 10.0. The number of hydrogen-bond acceptors (Lipinski definition) is 5. The molecule has 1 aromatic carbocycles. The van der Waals surface area contributed by atoms with Gasteiger partial charge < -0.3 is 15.5 Å². The predicted octanol–water partition coefficient (Wildman–Crippen LogP) is 1.97. The molecule has 22 heavy (non-hydrogen) atoms. The van der Waals surface area contributed by atoms with Crippen LogP contribution in [0, 0.1) is 22.7 Å². The van der Waals surface area contributed by atoms with E-state index in [1.165, 1.54) is 24.3 Å². The van der Waals surface area contributed by atoms with E-state index >= 15 is 0 Å². The second-order valence-electron chi connectivity index (χ2n) is 4.12. The van der Waals surface area contributed by atoms with Crippen LogP contribution in [0.4, 0.5) is 14.6 Å². The van der Waals surface area contributed by atoms with Crippen LogP contribution in [0.15, 0.2) is 29.1 Å². The molecule has 0 aliphatic heterocycles. The molecular weight excluding hydrogens is 294 g/mol. The maximum Gasteiger partial charge on any atom is 0.387 e. The van der Waals surface area contributed by atoms with Crippen molar-refractivity contribution in [1.29, 1.82) is 10.5 Å². The Morgan fingerprint density at radius 2 is 1.73 bits per heavy atom. The van der Waals surface area contributed by atoms with Gasteiger partial charge in [-0.25, -0.2) is 0 Å². The summed E-state index contributed by atoms with van der Waals surface area (Å²) in [6.07, 6.45) is 0. The minimum atomic E-state index is -2.97. The van der Waals surface area contributed by atoms with Crippen LogP contribution >= 0.6 is 0 Å². The second kappa shape index (κ2) is 5.94. The smallest absolute Gasteiger partial charge is 0.387 e. The fourth-order valence-corrected chi connectivity index (χ4v) is 1.94. The average molecular weight is 302 g/mol. The first-order chi connectivity index (χ1) is 10.5. The monoisotopic (exact) mass is 302 g/mol. The number of hydrogen-bond donors (Lipinski definition) is 2. The summed E-state index contributed by atoms with van der Waals surface area (Å²) in [5.74, 6) is -0.261. The van der Waals surface area contributed by atoms with Gasteiger partial charge in [0.2, 0.25) is 0 Å². The standard InChI is InChI=1S/C14H8F2N4O2/c15-14(16)22-8-3-1-7(2-4-8)11-9(5-17)12(19)20-13(21)10(11)6-18/h1-4,14H,(H3,19,20,21). The Morgan fingerprint density at radius 1 is 1.14 bits per heavy atom. The van der Waals surface area contributed by atoms with Crippen LogP contribution in [0.5, 0.6) is 5.75 Å². The van der Waals surface area contributed by atoms with Gasteiger partial charge in [-0.2, -0.15) is 19.3 Å². The lowest BCUT2D eigenvalue weighted by molar-refractivity contribution is -0.0498. The Kier molecular flexibility index (Phi) is 4.05. The first kappa shape index (κ1) is 15.0. The SMILES string of the molecule is N#Cc1c(N)[nH]c(=O)c(C#N)c1-c1ccc(OC(F)F)cc1. The van der Waals surface area contributed by atoms with E-state index in [4.69, 9.17) is 16.3 Å². The lowest BCUT2D eigenvalue weighted by Crippen LogP contribution is -2.16. The van der Waals surface area contributed by atoms with E-state index < -0.39 is 12.2 Å². The van der Waals surface area contributed by atoms with Crippen LogP contribution in [0.3, 0.4) is 0 Å². The van der Waals surface area contributed by atoms with Crippen LogP contribution in [-0.2, 0) is 0 Å². The number of rotatable bonds is 3. The van der Waals surface area contributed by atoms with Crippen molar-refractivity contribution in [2.45, 2.75) is 6.61 Å². The highest BCUT2D eigenvalue weighted by Crippen LogP contribution is 2.29. The fraction of sp³-hybridized carbons (Fsp3) is 0.0714. The second-order valence-corrected chi connectivity index (χ2v) is 4.12. The molecule has 0 aliphatic rings. The van der Waals surface area contributed by atoms with Gasteiger partial charge >= 0.3 is 6.61 Å². The number of nitrogens with one attached hydrogen (secondary N) is 1. The minimum Gasteiger partial charge on any atom is -0.435 e. The van der Waals surface area contributed by atoms with Gasteiger partial charge in [0.25, 0.3) is 5.56 Å². The highest BCUT2D eigenvalue weighted by atomic mass is 19.3. The molecule has 0 radical (unpaired) electrons. The Labute approximate surface area is 123 Å². The van der Waals surface area contributed by atoms with Crippen LogP contribution in [0.25, 0.3) is 11.1 Å². The summed E-state index contributed by atoms with van der Waals surface area (Å²) in [5, 5.41) is 18.3. The van der Waals surface area contributed by atoms with E-state index in [-0.39, 0.29) is 28.3 Å². The van der Waals surface area contributed by atoms with Gasteiger partial charge in [-0.15, -0.1) is 0 Å². The zero-order valence-corrected chi connectivity index (χ0v) is 10.9. The topological polar surface area (TPSA) is 116 Å². The van der Waals surface area contributed by atoms with Crippen molar-refractivity contribution in [3.8, 4) is 29.0 Å². The van der Waals surface area contributed by atoms with Gasteiger partial charge in [-0.1, -0.05) is 12.1 Å². The lowest BCUT2D eigenvalue weighted by atomic mass is 9.97. The Balaban J connectivity index is 2.65. The molecule has 0 aliphatic carbocycles.